The molecule has 0 spiro atoms. The molecule has 0 aromatic carbocycles. The molecule has 2 aromatic heterocycles. The highest BCUT2D eigenvalue weighted by Gasteiger charge is 2.25. The van der Waals surface area contributed by atoms with E-state index in [2.05, 4.69) is 33.9 Å². The Balaban J connectivity index is 2.14. The van der Waals surface area contributed by atoms with Crippen LogP contribution < -0.4 is 4.72 Å². The lowest BCUT2D eigenvalue weighted by molar-refractivity contribution is 0.390. The van der Waals surface area contributed by atoms with Crippen LogP contribution >= 0.6 is 23.1 Å². The van der Waals surface area contributed by atoms with Gasteiger partial charge < -0.3 is 4.52 Å². The number of aryl methyl sites for hydroxylation is 2. The van der Waals surface area contributed by atoms with Gasteiger partial charge in [-0.1, -0.05) is 42.1 Å². The summed E-state index contributed by atoms with van der Waals surface area (Å²) in [6.45, 7) is 7.35. The number of aromatic nitrogens is 3. The average Bonchev–Trinajstić information content (AvgIpc) is 2.93. The number of nitrogens with one attached hydrogen (secondary N) is 1. The van der Waals surface area contributed by atoms with Gasteiger partial charge in [0.2, 0.25) is 5.13 Å². The third kappa shape index (κ3) is 3.95. The highest BCUT2D eigenvalue weighted by atomic mass is 32.2. The van der Waals surface area contributed by atoms with E-state index < -0.39 is 10.0 Å². The van der Waals surface area contributed by atoms with E-state index >= 15 is 0 Å². The molecule has 0 radical (unpaired) electrons. The average molecular weight is 348 g/mol. The first-order chi connectivity index (χ1) is 9.79. The van der Waals surface area contributed by atoms with Crippen molar-refractivity contribution < 1.29 is 12.9 Å². The lowest BCUT2D eigenvalue weighted by Gasteiger charge is -2.03. The summed E-state index contributed by atoms with van der Waals surface area (Å²) in [7, 11) is -3.76. The molecule has 0 aliphatic rings. The molecule has 7 nitrogen and oxygen atoms in total. The first-order valence-electron chi connectivity index (χ1n) is 6.21. The lowest BCUT2D eigenvalue weighted by Crippen LogP contribution is -2.14. The smallest absolute Gasteiger partial charge is 0.269 e. The zero-order valence-electron chi connectivity index (χ0n) is 12.1. The Morgan fingerprint density at radius 2 is 2.05 bits per heavy atom. The number of thioether (sulfide) groups is 1. The van der Waals surface area contributed by atoms with Crippen molar-refractivity contribution >= 4 is 38.3 Å². The first kappa shape index (κ1) is 16.2. The number of nitrogens with zero attached hydrogens (tertiary/aromatic N) is 3. The van der Waals surface area contributed by atoms with Crippen LogP contribution in [-0.4, -0.2) is 29.5 Å². The van der Waals surface area contributed by atoms with Crippen LogP contribution in [0.25, 0.3) is 0 Å². The molecular formula is C11H16N4O3S3. The molecule has 0 atom stereocenters. The number of rotatable bonds is 6. The number of hydrogen-bond acceptors (Lipinski definition) is 8. The highest BCUT2D eigenvalue weighted by molar-refractivity contribution is 8.01. The van der Waals surface area contributed by atoms with Crippen LogP contribution in [0.5, 0.6) is 0 Å². The predicted molar refractivity (Wildman–Crippen MR) is 82.3 cm³/mol. The molecule has 0 amide bonds. The van der Waals surface area contributed by atoms with Gasteiger partial charge in [-0.05, 0) is 19.8 Å². The second-order valence-electron chi connectivity index (χ2n) is 4.84. The Hall–Kier alpha value is -1.13. The van der Waals surface area contributed by atoms with Crippen LogP contribution in [0.1, 0.15) is 25.3 Å². The molecule has 1 N–H and O–H groups in total. The maximum Gasteiger partial charge on any atom is 0.269 e. The summed E-state index contributed by atoms with van der Waals surface area (Å²) in [6.07, 6.45) is 0. The Labute approximate surface area is 131 Å². The van der Waals surface area contributed by atoms with Crippen LogP contribution in [0, 0.1) is 19.8 Å². The van der Waals surface area contributed by atoms with Gasteiger partial charge in [0.05, 0.1) is 0 Å². The Kier molecular flexibility index (Phi) is 4.89. The maximum atomic E-state index is 12.3. The minimum Gasteiger partial charge on any atom is -0.360 e. The van der Waals surface area contributed by atoms with E-state index in [4.69, 9.17) is 4.52 Å². The van der Waals surface area contributed by atoms with Crippen molar-refractivity contribution in [1.29, 1.82) is 0 Å². The fraction of sp³-hybridized carbons (Fsp3) is 0.545. The molecule has 0 bridgehead atoms. The normalized spacial score (nSPS) is 12.0. The topological polar surface area (TPSA) is 98.0 Å². The monoisotopic (exact) mass is 348 g/mol. The minimum absolute atomic E-state index is 0.0501. The van der Waals surface area contributed by atoms with E-state index in [-0.39, 0.29) is 15.8 Å². The third-order valence-corrected chi connectivity index (χ3v) is 6.52. The van der Waals surface area contributed by atoms with Gasteiger partial charge in [-0.25, -0.2) is 8.42 Å². The van der Waals surface area contributed by atoms with Gasteiger partial charge in [0.15, 0.2) is 15.0 Å². The van der Waals surface area contributed by atoms with Crippen LogP contribution in [0.3, 0.4) is 0 Å². The molecule has 0 aliphatic carbocycles. The summed E-state index contributed by atoms with van der Waals surface area (Å²) in [5, 5.41) is 11.7. The second-order valence-corrected chi connectivity index (χ2v) is 8.70. The Bertz CT molecular complexity index is 701. The van der Waals surface area contributed by atoms with Gasteiger partial charge in [0.1, 0.15) is 5.69 Å². The van der Waals surface area contributed by atoms with Crippen molar-refractivity contribution in [1.82, 2.24) is 15.4 Å². The van der Waals surface area contributed by atoms with Gasteiger partial charge in [0, 0.05) is 5.75 Å². The quantitative estimate of drug-likeness (QED) is 0.801. The van der Waals surface area contributed by atoms with Crippen LogP contribution in [0.15, 0.2) is 13.8 Å². The number of sulfonamides is 1. The van der Waals surface area contributed by atoms with E-state index in [1.54, 1.807) is 25.6 Å². The van der Waals surface area contributed by atoms with Crippen molar-refractivity contribution in [3.05, 3.63) is 11.5 Å². The highest BCUT2D eigenvalue weighted by Crippen LogP contribution is 2.29. The van der Waals surface area contributed by atoms with Crippen molar-refractivity contribution in [3.8, 4) is 0 Å². The summed E-state index contributed by atoms with van der Waals surface area (Å²) in [5.41, 5.74) is 0.318. The molecule has 116 valence electrons. The van der Waals surface area contributed by atoms with Gasteiger partial charge in [-0.15, -0.1) is 10.2 Å². The predicted octanol–water partition coefficient (Wildman–Crippen LogP) is 2.69. The first-order valence-corrected chi connectivity index (χ1v) is 9.50. The van der Waals surface area contributed by atoms with Crippen molar-refractivity contribution in [2.75, 3.05) is 10.5 Å². The summed E-state index contributed by atoms with van der Waals surface area (Å²) >= 11 is 2.77. The molecule has 0 fully saturated rings. The largest absolute Gasteiger partial charge is 0.360 e. The van der Waals surface area contributed by atoms with E-state index in [0.29, 0.717) is 11.6 Å². The van der Waals surface area contributed by atoms with E-state index in [1.807, 2.05) is 0 Å². The van der Waals surface area contributed by atoms with Gasteiger partial charge in [-0.2, -0.15) is 0 Å². The van der Waals surface area contributed by atoms with Crippen molar-refractivity contribution in [3.63, 3.8) is 0 Å². The van der Waals surface area contributed by atoms with Crippen LogP contribution in [0.2, 0.25) is 0 Å². The summed E-state index contributed by atoms with van der Waals surface area (Å²) < 4.78 is 32.6. The summed E-state index contributed by atoms with van der Waals surface area (Å²) in [5.74, 6) is 1.69. The molecule has 10 heteroatoms. The molecule has 0 aliphatic heterocycles. The minimum atomic E-state index is -3.76. The second kappa shape index (κ2) is 6.32. The zero-order valence-corrected chi connectivity index (χ0v) is 14.5. The fourth-order valence-corrected chi connectivity index (χ4v) is 4.86. The number of anilines is 1. The zero-order chi connectivity index (χ0) is 15.6. The molecule has 0 saturated carbocycles. The Morgan fingerprint density at radius 3 is 2.62 bits per heavy atom. The standard InChI is InChI=1S/C11H16N4O3S3/c1-6(2)5-19-11-13-12-10(20-11)15-21(16,17)9-7(3)14-18-8(9)4/h6H,5H2,1-4H3,(H,12,15). The van der Waals surface area contributed by atoms with Gasteiger partial charge >= 0.3 is 0 Å². The van der Waals surface area contributed by atoms with Crippen LogP contribution in [0.4, 0.5) is 5.13 Å². The maximum absolute atomic E-state index is 12.3. The molecule has 2 aromatic rings. The lowest BCUT2D eigenvalue weighted by atomic mass is 10.3. The molecule has 21 heavy (non-hydrogen) atoms. The van der Waals surface area contributed by atoms with E-state index in [1.165, 1.54) is 11.3 Å². The SMILES string of the molecule is Cc1noc(C)c1S(=O)(=O)Nc1nnc(SCC(C)C)s1. The van der Waals surface area contributed by atoms with Crippen molar-refractivity contribution in [2.24, 2.45) is 5.92 Å². The molecule has 2 rings (SSSR count). The summed E-state index contributed by atoms with van der Waals surface area (Å²) in [4.78, 5) is 0.0501. The van der Waals surface area contributed by atoms with Gasteiger partial charge in [0.25, 0.3) is 10.0 Å². The van der Waals surface area contributed by atoms with E-state index in [0.717, 1.165) is 10.1 Å². The molecule has 0 saturated heterocycles. The van der Waals surface area contributed by atoms with Gasteiger partial charge in [-0.3, -0.25) is 4.72 Å². The molecule has 2 heterocycles. The molecule has 0 unspecified atom stereocenters. The Morgan fingerprint density at radius 1 is 1.33 bits per heavy atom. The molecular weight excluding hydrogens is 332 g/mol. The summed E-state index contributed by atoms with van der Waals surface area (Å²) in [6, 6.07) is 0. The third-order valence-electron chi connectivity index (χ3n) is 2.40. The number of hydrogen-bond donors (Lipinski definition) is 1. The van der Waals surface area contributed by atoms with E-state index in [9.17, 15) is 8.42 Å². The van der Waals surface area contributed by atoms with Crippen molar-refractivity contribution in [2.45, 2.75) is 36.9 Å². The van der Waals surface area contributed by atoms with Crippen LogP contribution in [-0.2, 0) is 10.0 Å². The fourth-order valence-electron chi connectivity index (χ4n) is 1.57.